The van der Waals surface area contributed by atoms with Crippen molar-refractivity contribution in [3.05, 3.63) is 0 Å². The molecule has 11 heavy (non-hydrogen) atoms. The van der Waals surface area contributed by atoms with Crippen LogP contribution in [0.3, 0.4) is 0 Å². The fourth-order valence-electron chi connectivity index (χ4n) is 2.59. The first-order valence-electron chi connectivity index (χ1n) is 4.62. The van der Waals surface area contributed by atoms with Gasteiger partial charge in [-0.05, 0) is 37.5 Å². The largest absolute Gasteiger partial charge is 0.394 e. The van der Waals surface area contributed by atoms with Crippen LogP contribution in [0.15, 0.2) is 0 Å². The zero-order valence-corrected chi connectivity index (χ0v) is 6.83. The van der Waals surface area contributed by atoms with E-state index in [1.54, 1.807) is 0 Å². The first-order valence-corrected chi connectivity index (χ1v) is 4.62. The second-order valence-electron chi connectivity index (χ2n) is 3.81. The molecule has 2 heteroatoms. The molecule has 0 saturated heterocycles. The van der Waals surface area contributed by atoms with Crippen LogP contribution in [-0.2, 0) is 4.74 Å². The molecule has 0 aromatic carbocycles. The molecule has 3 atom stereocenters. The molecule has 2 aliphatic rings. The molecule has 0 radical (unpaired) electrons. The first-order chi connectivity index (χ1) is 5.40. The van der Waals surface area contributed by atoms with Gasteiger partial charge >= 0.3 is 0 Å². The Morgan fingerprint density at radius 2 is 2.18 bits per heavy atom. The Balaban J connectivity index is 1.78. The van der Waals surface area contributed by atoms with Crippen molar-refractivity contribution in [1.82, 2.24) is 0 Å². The quantitative estimate of drug-likeness (QED) is 0.665. The van der Waals surface area contributed by atoms with Crippen molar-refractivity contribution in [3.8, 4) is 0 Å². The van der Waals surface area contributed by atoms with Crippen molar-refractivity contribution in [1.29, 1.82) is 0 Å². The smallest absolute Gasteiger partial charge is 0.0701 e. The monoisotopic (exact) mass is 156 g/mol. The Morgan fingerprint density at radius 3 is 2.73 bits per heavy atom. The Bertz CT molecular complexity index is 136. The first kappa shape index (κ1) is 7.56. The molecule has 2 nitrogen and oxygen atoms in total. The van der Waals surface area contributed by atoms with Gasteiger partial charge in [0.1, 0.15) is 0 Å². The molecule has 0 heterocycles. The van der Waals surface area contributed by atoms with Crippen LogP contribution < -0.4 is 0 Å². The lowest BCUT2D eigenvalue weighted by molar-refractivity contribution is -0.00143. The van der Waals surface area contributed by atoms with Gasteiger partial charge in [-0.1, -0.05) is 0 Å². The number of fused-ring (bicyclic) bond motifs is 2. The van der Waals surface area contributed by atoms with E-state index in [1.165, 1.54) is 25.7 Å². The number of aliphatic hydroxyl groups is 1. The number of hydrogen-bond donors (Lipinski definition) is 1. The van der Waals surface area contributed by atoms with E-state index in [9.17, 15) is 0 Å². The van der Waals surface area contributed by atoms with E-state index in [0.29, 0.717) is 12.7 Å². The van der Waals surface area contributed by atoms with Crippen LogP contribution in [-0.4, -0.2) is 24.4 Å². The molecule has 2 saturated carbocycles. The zero-order valence-electron chi connectivity index (χ0n) is 6.83. The molecule has 2 fully saturated rings. The highest BCUT2D eigenvalue weighted by atomic mass is 16.5. The van der Waals surface area contributed by atoms with Crippen LogP contribution in [0.4, 0.5) is 0 Å². The Labute approximate surface area is 67.6 Å². The molecule has 0 spiro atoms. The molecule has 2 aliphatic carbocycles. The summed E-state index contributed by atoms with van der Waals surface area (Å²) in [4.78, 5) is 0. The average Bonchev–Trinajstić information content (AvgIpc) is 2.60. The lowest BCUT2D eigenvalue weighted by Gasteiger charge is -2.21. The van der Waals surface area contributed by atoms with Crippen LogP contribution in [0, 0.1) is 11.8 Å². The summed E-state index contributed by atoms with van der Waals surface area (Å²) >= 11 is 0. The summed E-state index contributed by atoms with van der Waals surface area (Å²) < 4.78 is 5.54. The third kappa shape index (κ3) is 1.42. The van der Waals surface area contributed by atoms with Crippen LogP contribution >= 0.6 is 0 Å². The van der Waals surface area contributed by atoms with Crippen molar-refractivity contribution in [2.45, 2.75) is 31.8 Å². The van der Waals surface area contributed by atoms with Gasteiger partial charge in [-0.3, -0.25) is 0 Å². The van der Waals surface area contributed by atoms with E-state index in [0.717, 1.165) is 11.8 Å². The predicted octanol–water partition coefficient (Wildman–Crippen LogP) is 1.18. The minimum absolute atomic E-state index is 0.174. The summed E-state index contributed by atoms with van der Waals surface area (Å²) in [6, 6.07) is 0. The molecule has 0 amide bonds. The van der Waals surface area contributed by atoms with Crippen molar-refractivity contribution in [2.24, 2.45) is 11.8 Å². The van der Waals surface area contributed by atoms with Gasteiger partial charge in [0.2, 0.25) is 0 Å². The Hall–Kier alpha value is -0.0800. The van der Waals surface area contributed by atoms with Crippen molar-refractivity contribution in [3.63, 3.8) is 0 Å². The Morgan fingerprint density at radius 1 is 1.27 bits per heavy atom. The molecule has 0 aromatic heterocycles. The average molecular weight is 156 g/mol. The van der Waals surface area contributed by atoms with Crippen molar-refractivity contribution < 1.29 is 9.84 Å². The molecule has 2 rings (SSSR count). The second kappa shape index (κ2) is 3.11. The fraction of sp³-hybridized carbons (Fsp3) is 1.00. The maximum absolute atomic E-state index is 8.57. The maximum Gasteiger partial charge on any atom is 0.0701 e. The SMILES string of the molecule is OCCO[C@H]1C[C@H]2CC[C@@H]1C2. The third-order valence-corrected chi connectivity index (χ3v) is 3.10. The topological polar surface area (TPSA) is 29.5 Å². The number of hydrogen-bond acceptors (Lipinski definition) is 2. The van der Waals surface area contributed by atoms with Gasteiger partial charge in [-0.2, -0.15) is 0 Å². The van der Waals surface area contributed by atoms with Crippen LogP contribution in [0.1, 0.15) is 25.7 Å². The fourth-order valence-corrected chi connectivity index (χ4v) is 2.59. The standard InChI is InChI=1S/C9H16O2/c10-3-4-11-9-6-7-1-2-8(9)5-7/h7-10H,1-6H2/t7-,8+,9-/m0/s1. The maximum atomic E-state index is 8.57. The van der Waals surface area contributed by atoms with Crippen molar-refractivity contribution >= 4 is 0 Å². The minimum Gasteiger partial charge on any atom is -0.394 e. The molecule has 64 valence electrons. The summed E-state index contributed by atoms with van der Waals surface area (Å²) in [5.74, 6) is 1.77. The predicted molar refractivity (Wildman–Crippen MR) is 42.3 cm³/mol. The van der Waals surface area contributed by atoms with Crippen LogP contribution in [0.2, 0.25) is 0 Å². The van der Waals surface area contributed by atoms with E-state index in [1.807, 2.05) is 0 Å². The van der Waals surface area contributed by atoms with E-state index >= 15 is 0 Å². The number of aliphatic hydroxyl groups excluding tert-OH is 1. The van der Waals surface area contributed by atoms with Gasteiger partial charge in [0.05, 0.1) is 19.3 Å². The normalized spacial score (nSPS) is 41.7. The van der Waals surface area contributed by atoms with Crippen molar-refractivity contribution in [2.75, 3.05) is 13.2 Å². The highest BCUT2D eigenvalue weighted by molar-refractivity contribution is 4.90. The van der Waals surface area contributed by atoms with Crippen LogP contribution in [0.5, 0.6) is 0 Å². The van der Waals surface area contributed by atoms with Gasteiger partial charge in [0, 0.05) is 0 Å². The third-order valence-electron chi connectivity index (χ3n) is 3.10. The van der Waals surface area contributed by atoms with E-state index in [4.69, 9.17) is 9.84 Å². The lowest BCUT2D eigenvalue weighted by atomic mass is 9.98. The van der Waals surface area contributed by atoms with E-state index < -0.39 is 0 Å². The molecule has 0 aliphatic heterocycles. The number of rotatable bonds is 3. The minimum atomic E-state index is 0.174. The molecule has 0 aromatic rings. The molecule has 0 unspecified atom stereocenters. The lowest BCUT2D eigenvalue weighted by Crippen LogP contribution is -2.21. The van der Waals surface area contributed by atoms with Gasteiger partial charge in [0.15, 0.2) is 0 Å². The summed E-state index contributed by atoms with van der Waals surface area (Å²) in [6.07, 6.45) is 5.91. The molecule has 2 bridgehead atoms. The van der Waals surface area contributed by atoms with E-state index in [2.05, 4.69) is 0 Å². The van der Waals surface area contributed by atoms with Gasteiger partial charge in [-0.25, -0.2) is 0 Å². The van der Waals surface area contributed by atoms with E-state index in [-0.39, 0.29) is 6.61 Å². The molecular formula is C9H16O2. The molecule has 1 N–H and O–H groups in total. The summed E-state index contributed by atoms with van der Waals surface area (Å²) in [7, 11) is 0. The molecular weight excluding hydrogens is 140 g/mol. The van der Waals surface area contributed by atoms with Gasteiger partial charge in [-0.15, -0.1) is 0 Å². The summed E-state index contributed by atoms with van der Waals surface area (Å²) in [5, 5.41) is 8.57. The Kier molecular flexibility index (Phi) is 2.14. The summed E-state index contributed by atoms with van der Waals surface area (Å²) in [5.41, 5.74) is 0. The zero-order chi connectivity index (χ0) is 7.68. The summed E-state index contributed by atoms with van der Waals surface area (Å²) in [6.45, 7) is 0.710. The van der Waals surface area contributed by atoms with Gasteiger partial charge < -0.3 is 9.84 Å². The van der Waals surface area contributed by atoms with Gasteiger partial charge in [0.25, 0.3) is 0 Å². The highest BCUT2D eigenvalue weighted by Crippen LogP contribution is 2.45. The van der Waals surface area contributed by atoms with Crippen LogP contribution in [0.25, 0.3) is 0 Å². The second-order valence-corrected chi connectivity index (χ2v) is 3.81. The highest BCUT2D eigenvalue weighted by Gasteiger charge is 2.39. The number of ether oxygens (including phenoxy) is 1.